The minimum absolute atomic E-state index is 0.823. The summed E-state index contributed by atoms with van der Waals surface area (Å²) in [5.41, 5.74) is 6.93. The van der Waals surface area contributed by atoms with E-state index in [2.05, 4.69) is 45.7 Å². The van der Waals surface area contributed by atoms with Crippen molar-refractivity contribution in [1.82, 2.24) is 19.6 Å². The maximum atomic E-state index is 4.69. The third-order valence-electron chi connectivity index (χ3n) is 4.95. The van der Waals surface area contributed by atoms with Crippen LogP contribution in [0.3, 0.4) is 0 Å². The zero-order valence-corrected chi connectivity index (χ0v) is 14.8. The molecule has 1 aliphatic rings. The van der Waals surface area contributed by atoms with E-state index in [4.69, 9.17) is 4.98 Å². The predicted molar refractivity (Wildman–Crippen MR) is 107 cm³/mol. The Morgan fingerprint density at radius 3 is 2.93 bits per heavy atom. The topological polar surface area (TPSA) is 55.1 Å². The van der Waals surface area contributed by atoms with Gasteiger partial charge < -0.3 is 5.32 Å². The van der Waals surface area contributed by atoms with Gasteiger partial charge in [0.05, 0.1) is 11.9 Å². The van der Waals surface area contributed by atoms with Crippen molar-refractivity contribution < 1.29 is 0 Å². The first-order valence-electron chi connectivity index (χ1n) is 9.15. The van der Waals surface area contributed by atoms with Crippen LogP contribution in [0.2, 0.25) is 0 Å². The summed E-state index contributed by atoms with van der Waals surface area (Å²) in [5, 5.41) is 7.94. The van der Waals surface area contributed by atoms with Crippen molar-refractivity contribution in [3.8, 4) is 11.3 Å². The molecule has 4 aromatic rings. The van der Waals surface area contributed by atoms with E-state index in [1.54, 1.807) is 12.4 Å². The van der Waals surface area contributed by atoms with E-state index in [0.29, 0.717) is 0 Å². The molecule has 132 valence electrons. The summed E-state index contributed by atoms with van der Waals surface area (Å²) in [6.45, 7) is 0.839. The van der Waals surface area contributed by atoms with Gasteiger partial charge in [-0.1, -0.05) is 30.3 Å². The van der Waals surface area contributed by atoms with E-state index < -0.39 is 0 Å². The fourth-order valence-electron chi connectivity index (χ4n) is 3.62. The van der Waals surface area contributed by atoms with Crippen molar-refractivity contribution in [2.75, 3.05) is 11.9 Å². The normalized spacial score (nSPS) is 12.8. The third-order valence-corrected chi connectivity index (χ3v) is 4.95. The van der Waals surface area contributed by atoms with Gasteiger partial charge in [-0.15, -0.1) is 0 Å². The van der Waals surface area contributed by atoms with Crippen LogP contribution in [0, 0.1) is 0 Å². The van der Waals surface area contributed by atoms with Crippen LogP contribution in [0.1, 0.15) is 17.5 Å². The van der Waals surface area contributed by atoms with Crippen LogP contribution in [0.25, 0.3) is 22.5 Å². The maximum Gasteiger partial charge on any atom is 0.157 e. The van der Waals surface area contributed by atoms with Crippen molar-refractivity contribution in [2.45, 2.75) is 12.8 Å². The predicted octanol–water partition coefficient (Wildman–Crippen LogP) is 4.23. The molecule has 0 bridgehead atoms. The highest BCUT2D eigenvalue weighted by atomic mass is 15.3. The Balaban J connectivity index is 1.38. The van der Waals surface area contributed by atoms with Crippen LogP contribution in [0.15, 0.2) is 73.2 Å². The molecule has 5 rings (SSSR count). The smallest absolute Gasteiger partial charge is 0.157 e. The molecule has 3 heterocycles. The fraction of sp³-hybridized carbons (Fsp3) is 0.136. The van der Waals surface area contributed by atoms with Crippen LogP contribution in [-0.4, -0.2) is 26.1 Å². The number of anilines is 1. The summed E-state index contributed by atoms with van der Waals surface area (Å²) in [5.74, 6) is 0.940. The lowest BCUT2D eigenvalue weighted by Gasteiger charge is -2.11. The highest BCUT2D eigenvalue weighted by molar-refractivity contribution is 5.73. The van der Waals surface area contributed by atoms with Crippen LogP contribution >= 0.6 is 0 Å². The number of rotatable bonds is 5. The first-order chi connectivity index (χ1) is 13.4. The molecule has 0 saturated carbocycles. The van der Waals surface area contributed by atoms with Crippen LogP contribution < -0.4 is 5.32 Å². The Morgan fingerprint density at radius 2 is 2.00 bits per heavy atom. The summed E-state index contributed by atoms with van der Waals surface area (Å²) >= 11 is 0. The average molecular weight is 353 g/mol. The van der Waals surface area contributed by atoms with Crippen LogP contribution in [-0.2, 0) is 6.42 Å². The average Bonchev–Trinajstić information content (AvgIpc) is 3.36. The minimum atomic E-state index is 0.823. The van der Waals surface area contributed by atoms with Crippen molar-refractivity contribution in [1.29, 1.82) is 0 Å². The molecule has 0 radical (unpaired) electrons. The SMILES string of the molecule is C1=C(CCNc2cc(-c3cccnc3)nc3ccnn23)c2ccccc2C1. The van der Waals surface area contributed by atoms with Crippen molar-refractivity contribution in [3.05, 3.63) is 84.3 Å². The second kappa shape index (κ2) is 6.68. The molecular formula is C22H19N5. The van der Waals surface area contributed by atoms with E-state index in [-0.39, 0.29) is 0 Å². The number of nitrogens with one attached hydrogen (secondary N) is 1. The molecule has 0 saturated heterocycles. The number of hydrogen-bond donors (Lipinski definition) is 1. The van der Waals surface area contributed by atoms with Gasteiger partial charge in [0.25, 0.3) is 0 Å². The number of pyridine rings is 1. The van der Waals surface area contributed by atoms with Crippen molar-refractivity contribution in [3.63, 3.8) is 0 Å². The second-order valence-corrected chi connectivity index (χ2v) is 6.64. The van der Waals surface area contributed by atoms with Crippen LogP contribution in [0.4, 0.5) is 5.82 Å². The summed E-state index contributed by atoms with van der Waals surface area (Å²) in [4.78, 5) is 8.89. The monoisotopic (exact) mass is 353 g/mol. The van der Waals surface area contributed by atoms with Gasteiger partial charge in [0, 0.05) is 36.6 Å². The number of benzene rings is 1. The van der Waals surface area contributed by atoms with Gasteiger partial charge in [0.1, 0.15) is 5.82 Å². The third kappa shape index (κ3) is 2.97. The Morgan fingerprint density at radius 1 is 1.04 bits per heavy atom. The molecule has 5 nitrogen and oxygen atoms in total. The number of fused-ring (bicyclic) bond motifs is 2. The Labute approximate surface area is 157 Å². The standard InChI is InChI=1S/C22H19N5/c1-2-6-19-16(4-1)7-8-17(19)9-12-24-22-14-20(18-5-3-11-23-15-18)26-21-10-13-25-27(21)22/h1-6,8,10-11,13-15,24H,7,9,12H2. The molecule has 1 N–H and O–H groups in total. The number of aromatic nitrogens is 4. The summed E-state index contributed by atoms with van der Waals surface area (Å²) in [7, 11) is 0. The van der Waals surface area contributed by atoms with Crippen molar-refractivity contribution in [2.24, 2.45) is 0 Å². The molecule has 27 heavy (non-hydrogen) atoms. The van der Waals surface area contributed by atoms with Gasteiger partial charge in [0.15, 0.2) is 5.65 Å². The summed E-state index contributed by atoms with van der Waals surface area (Å²) in [6, 6.07) is 16.5. The van der Waals surface area contributed by atoms with Gasteiger partial charge in [-0.05, 0) is 41.7 Å². The Hall–Kier alpha value is -3.47. The molecule has 0 unspecified atom stereocenters. The number of hydrogen-bond acceptors (Lipinski definition) is 4. The van der Waals surface area contributed by atoms with Gasteiger partial charge in [0.2, 0.25) is 0 Å². The summed E-state index contributed by atoms with van der Waals surface area (Å²) < 4.78 is 1.84. The zero-order chi connectivity index (χ0) is 18.1. The molecule has 3 aromatic heterocycles. The van der Waals surface area contributed by atoms with Gasteiger partial charge in [-0.25, -0.2) is 4.98 Å². The van der Waals surface area contributed by atoms with Gasteiger partial charge in [-0.2, -0.15) is 9.61 Å². The largest absolute Gasteiger partial charge is 0.370 e. The Kier molecular flexibility index (Phi) is 3.90. The number of allylic oxidation sites excluding steroid dienone is 1. The fourth-order valence-corrected chi connectivity index (χ4v) is 3.62. The molecule has 0 atom stereocenters. The second-order valence-electron chi connectivity index (χ2n) is 6.64. The highest BCUT2D eigenvalue weighted by Gasteiger charge is 2.13. The quantitative estimate of drug-likeness (QED) is 0.583. The van der Waals surface area contributed by atoms with Gasteiger partial charge in [-0.3, -0.25) is 4.98 Å². The minimum Gasteiger partial charge on any atom is -0.370 e. The lowest BCUT2D eigenvalue weighted by Crippen LogP contribution is -2.08. The first kappa shape index (κ1) is 15.8. The molecule has 0 spiro atoms. The molecular weight excluding hydrogens is 334 g/mol. The van der Waals surface area contributed by atoms with Crippen molar-refractivity contribution >= 4 is 17.0 Å². The van der Waals surface area contributed by atoms with Crippen LogP contribution in [0.5, 0.6) is 0 Å². The lowest BCUT2D eigenvalue weighted by molar-refractivity contribution is 0.924. The summed E-state index contributed by atoms with van der Waals surface area (Å²) in [6.07, 6.45) is 9.73. The Bertz CT molecular complexity index is 1130. The maximum absolute atomic E-state index is 4.69. The lowest BCUT2D eigenvalue weighted by atomic mass is 10.0. The number of nitrogens with zero attached hydrogens (tertiary/aromatic N) is 4. The van der Waals surface area contributed by atoms with E-state index in [1.807, 2.05) is 35.0 Å². The van der Waals surface area contributed by atoms with E-state index in [9.17, 15) is 0 Å². The highest BCUT2D eigenvalue weighted by Crippen LogP contribution is 2.29. The molecule has 0 aliphatic heterocycles. The molecule has 1 aliphatic carbocycles. The zero-order valence-electron chi connectivity index (χ0n) is 14.8. The van der Waals surface area contributed by atoms with E-state index in [1.165, 1.54) is 16.7 Å². The molecule has 5 heteroatoms. The molecule has 1 aromatic carbocycles. The molecule has 0 fully saturated rings. The van der Waals surface area contributed by atoms with Gasteiger partial charge >= 0.3 is 0 Å². The molecule has 0 amide bonds. The van der Waals surface area contributed by atoms with E-state index in [0.717, 1.165) is 42.1 Å². The van der Waals surface area contributed by atoms with E-state index >= 15 is 0 Å². The first-order valence-corrected chi connectivity index (χ1v) is 9.15.